The third-order valence-corrected chi connectivity index (χ3v) is 8.95. The van der Waals surface area contributed by atoms with Crippen molar-refractivity contribution < 1.29 is 22.0 Å². The Balaban J connectivity index is 1.55. The number of ketones is 1. The highest BCUT2D eigenvalue weighted by Gasteiger charge is 2.40. The van der Waals surface area contributed by atoms with E-state index in [2.05, 4.69) is 9.97 Å². The number of halogens is 2. The fourth-order valence-electron chi connectivity index (χ4n) is 4.57. The molecule has 1 aliphatic rings. The minimum atomic E-state index is -3.78. The summed E-state index contributed by atoms with van der Waals surface area (Å²) in [6.07, 6.45) is 3.73. The number of carbonyl (C=O) groups excluding carboxylic acids is 1. The SMILES string of the molecule is CC(CC(=O)c1ccncn1)c1cc(F)c(CN2[C@H](C)CC[C@@H](c3ccccc3)S2(=O)=O)cc1F. The fourth-order valence-corrected chi connectivity index (χ4v) is 6.76. The molecule has 4 rings (SSSR count). The minimum absolute atomic E-state index is 0.0373. The van der Waals surface area contributed by atoms with Crippen molar-refractivity contribution in [1.82, 2.24) is 14.3 Å². The number of hydrogen-bond acceptors (Lipinski definition) is 5. The highest BCUT2D eigenvalue weighted by molar-refractivity contribution is 7.89. The van der Waals surface area contributed by atoms with Gasteiger partial charge in [0.25, 0.3) is 0 Å². The summed E-state index contributed by atoms with van der Waals surface area (Å²) in [4.78, 5) is 20.1. The lowest BCUT2D eigenvalue weighted by Gasteiger charge is -2.37. The van der Waals surface area contributed by atoms with Crippen LogP contribution in [-0.2, 0) is 16.6 Å². The van der Waals surface area contributed by atoms with Gasteiger partial charge < -0.3 is 0 Å². The van der Waals surface area contributed by atoms with Crippen molar-refractivity contribution in [2.24, 2.45) is 0 Å². The Kier molecular flexibility index (Phi) is 7.37. The summed E-state index contributed by atoms with van der Waals surface area (Å²) in [5, 5.41) is -0.722. The molecule has 1 unspecified atom stereocenters. The van der Waals surface area contributed by atoms with Gasteiger partial charge in [0, 0.05) is 30.8 Å². The predicted molar refractivity (Wildman–Crippen MR) is 128 cm³/mol. The first-order chi connectivity index (χ1) is 16.7. The van der Waals surface area contributed by atoms with E-state index in [-0.39, 0.29) is 41.6 Å². The maximum absolute atomic E-state index is 15.1. The van der Waals surface area contributed by atoms with Gasteiger partial charge in [0.05, 0.1) is 0 Å². The second kappa shape index (κ2) is 10.3. The summed E-state index contributed by atoms with van der Waals surface area (Å²) in [5.41, 5.74) is 0.922. The van der Waals surface area contributed by atoms with Gasteiger partial charge in [-0.25, -0.2) is 27.2 Å². The summed E-state index contributed by atoms with van der Waals surface area (Å²) in [7, 11) is -3.78. The van der Waals surface area contributed by atoms with E-state index in [0.717, 1.165) is 12.1 Å². The van der Waals surface area contributed by atoms with Crippen molar-refractivity contribution >= 4 is 15.8 Å². The normalized spacial score (nSPS) is 20.9. The van der Waals surface area contributed by atoms with Gasteiger partial charge in [0.15, 0.2) is 5.78 Å². The molecule has 9 heteroatoms. The van der Waals surface area contributed by atoms with Crippen LogP contribution in [0.5, 0.6) is 0 Å². The van der Waals surface area contributed by atoms with Gasteiger partial charge in [-0.2, -0.15) is 4.31 Å². The minimum Gasteiger partial charge on any atom is -0.292 e. The summed E-state index contributed by atoms with van der Waals surface area (Å²) in [5.74, 6) is -2.27. The van der Waals surface area contributed by atoms with Crippen LogP contribution in [0.25, 0.3) is 0 Å². The van der Waals surface area contributed by atoms with Crippen LogP contribution in [-0.4, -0.2) is 34.5 Å². The average molecular weight is 500 g/mol. The number of Topliss-reactive ketones (excluding diaryl/α,β-unsaturated/α-hetero) is 1. The first kappa shape index (κ1) is 25.1. The van der Waals surface area contributed by atoms with Gasteiger partial charge in [-0.1, -0.05) is 37.3 Å². The third-order valence-electron chi connectivity index (χ3n) is 6.58. The highest BCUT2D eigenvalue weighted by atomic mass is 32.2. The number of benzene rings is 2. The van der Waals surface area contributed by atoms with Crippen molar-refractivity contribution in [2.75, 3.05) is 0 Å². The molecule has 0 N–H and O–H groups in total. The quantitative estimate of drug-likeness (QED) is 0.418. The van der Waals surface area contributed by atoms with E-state index in [9.17, 15) is 13.2 Å². The van der Waals surface area contributed by atoms with Crippen LogP contribution in [0.1, 0.15) is 71.5 Å². The molecule has 3 atom stereocenters. The van der Waals surface area contributed by atoms with Gasteiger partial charge in [0.1, 0.15) is 28.9 Å². The Labute approximate surface area is 204 Å². The predicted octanol–water partition coefficient (Wildman–Crippen LogP) is 5.19. The molecule has 2 aromatic carbocycles. The van der Waals surface area contributed by atoms with Crippen LogP contribution >= 0.6 is 0 Å². The van der Waals surface area contributed by atoms with Crippen molar-refractivity contribution in [1.29, 1.82) is 0 Å². The average Bonchev–Trinajstić information content (AvgIpc) is 2.84. The molecule has 184 valence electrons. The first-order valence-corrected chi connectivity index (χ1v) is 13.0. The summed E-state index contributed by atoms with van der Waals surface area (Å²) < 4.78 is 58.3. The lowest BCUT2D eigenvalue weighted by atomic mass is 9.93. The zero-order valence-corrected chi connectivity index (χ0v) is 20.4. The van der Waals surface area contributed by atoms with Gasteiger partial charge in [-0.15, -0.1) is 0 Å². The Bertz CT molecular complexity index is 1300. The van der Waals surface area contributed by atoms with Crippen LogP contribution < -0.4 is 0 Å². The molecule has 2 heterocycles. The van der Waals surface area contributed by atoms with Gasteiger partial charge >= 0.3 is 0 Å². The Morgan fingerprint density at radius 3 is 2.54 bits per heavy atom. The Morgan fingerprint density at radius 2 is 1.86 bits per heavy atom. The van der Waals surface area contributed by atoms with E-state index < -0.39 is 32.8 Å². The van der Waals surface area contributed by atoms with Crippen LogP contribution in [0.15, 0.2) is 61.1 Å². The highest BCUT2D eigenvalue weighted by Crippen LogP contribution is 2.38. The lowest BCUT2D eigenvalue weighted by molar-refractivity contribution is 0.0970. The van der Waals surface area contributed by atoms with Crippen molar-refractivity contribution in [2.45, 2.75) is 56.9 Å². The zero-order valence-electron chi connectivity index (χ0n) is 19.6. The summed E-state index contributed by atoms with van der Waals surface area (Å²) >= 11 is 0. The van der Waals surface area contributed by atoms with E-state index >= 15 is 8.78 Å². The Morgan fingerprint density at radius 1 is 1.11 bits per heavy atom. The lowest BCUT2D eigenvalue weighted by Crippen LogP contribution is -2.44. The van der Waals surface area contributed by atoms with Crippen LogP contribution in [0.4, 0.5) is 8.78 Å². The van der Waals surface area contributed by atoms with E-state index in [1.165, 1.54) is 22.9 Å². The molecule has 1 aliphatic heterocycles. The second-order valence-corrected chi connectivity index (χ2v) is 11.1. The topological polar surface area (TPSA) is 80.2 Å². The maximum atomic E-state index is 15.1. The molecule has 3 aromatic rings. The van der Waals surface area contributed by atoms with Crippen LogP contribution in [0.2, 0.25) is 0 Å². The summed E-state index contributed by atoms with van der Waals surface area (Å²) in [6, 6.07) is 12.2. The molecule has 1 fully saturated rings. The van der Waals surface area contributed by atoms with Gasteiger partial charge in [-0.3, -0.25) is 4.79 Å². The van der Waals surface area contributed by atoms with Crippen molar-refractivity contribution in [3.8, 4) is 0 Å². The molecular weight excluding hydrogens is 472 g/mol. The van der Waals surface area contributed by atoms with Crippen molar-refractivity contribution in [3.63, 3.8) is 0 Å². The third kappa shape index (κ3) is 5.31. The number of nitrogens with zero attached hydrogens (tertiary/aromatic N) is 3. The largest absolute Gasteiger partial charge is 0.292 e. The molecule has 1 aromatic heterocycles. The van der Waals surface area contributed by atoms with Crippen LogP contribution in [0, 0.1) is 11.6 Å². The first-order valence-electron chi connectivity index (χ1n) is 11.5. The van der Waals surface area contributed by atoms with Gasteiger partial charge in [0.2, 0.25) is 10.0 Å². The smallest absolute Gasteiger partial charge is 0.221 e. The number of sulfonamides is 1. The van der Waals surface area contributed by atoms with Crippen molar-refractivity contribution in [3.05, 3.63) is 95.1 Å². The molecule has 0 aliphatic carbocycles. The van der Waals surface area contributed by atoms with Gasteiger partial charge in [-0.05, 0) is 55.0 Å². The fraction of sp³-hybridized carbons (Fsp3) is 0.346. The molecule has 0 radical (unpaired) electrons. The standard InChI is InChI=1S/C26H27F2N3O3S/c1-17(12-25(32)24-10-11-29-16-30-24)21-14-22(27)20(13-23(21)28)15-31-18(2)8-9-26(35(31,33)34)19-6-4-3-5-7-19/h3-7,10-11,13-14,16-18,26H,8-9,12,15H2,1-2H3/t17?,18-,26+/m1/s1. The van der Waals surface area contributed by atoms with E-state index in [1.807, 2.05) is 6.07 Å². The molecular formula is C26H27F2N3O3S. The molecule has 35 heavy (non-hydrogen) atoms. The van der Waals surface area contributed by atoms with Crippen LogP contribution in [0.3, 0.4) is 0 Å². The molecule has 0 bridgehead atoms. The zero-order chi connectivity index (χ0) is 25.2. The number of hydrogen-bond donors (Lipinski definition) is 0. The maximum Gasteiger partial charge on any atom is 0.221 e. The monoisotopic (exact) mass is 499 g/mol. The number of rotatable bonds is 7. The molecule has 1 saturated heterocycles. The Hall–Kier alpha value is -3.04. The molecule has 0 saturated carbocycles. The van der Waals surface area contributed by atoms with E-state index in [1.54, 1.807) is 38.1 Å². The number of aromatic nitrogens is 2. The summed E-state index contributed by atoms with van der Waals surface area (Å²) in [6.45, 7) is 3.16. The molecule has 6 nitrogen and oxygen atoms in total. The second-order valence-electron chi connectivity index (χ2n) is 9.00. The molecule has 0 amide bonds. The molecule has 0 spiro atoms. The number of carbonyl (C=O) groups is 1. The van der Waals surface area contributed by atoms with E-state index in [0.29, 0.717) is 18.4 Å². The van der Waals surface area contributed by atoms with E-state index in [4.69, 9.17) is 0 Å².